The van der Waals surface area contributed by atoms with Crippen LogP contribution in [0.1, 0.15) is 15.9 Å². The molecule has 122 valence electrons. The zero-order valence-electron chi connectivity index (χ0n) is 11.9. The minimum atomic E-state index is -4.07. The lowest BCUT2D eigenvalue weighted by Crippen LogP contribution is -2.14. The van der Waals surface area contributed by atoms with Crippen LogP contribution in [0.15, 0.2) is 52.3 Å². The van der Waals surface area contributed by atoms with Crippen molar-refractivity contribution >= 4 is 39.4 Å². The standard InChI is InChI=1S/C15H14ClNO4S2/c16-12-9-13(22-7-6-10-4-2-1-3-5-10)11(15(18)19)8-14(12)23(17,20)21/h1-5,8-9H,6-7H2,(H,18,19)(H2,17,20,21). The molecule has 2 rings (SSSR count). The Balaban J connectivity index is 2.24. The first kappa shape index (κ1) is 17.8. The molecule has 0 saturated carbocycles. The Morgan fingerprint density at radius 1 is 1.22 bits per heavy atom. The van der Waals surface area contributed by atoms with Gasteiger partial charge in [0.15, 0.2) is 0 Å². The third-order valence-electron chi connectivity index (χ3n) is 3.06. The Hall–Kier alpha value is -1.54. The molecule has 0 spiro atoms. The van der Waals surface area contributed by atoms with Crippen LogP contribution < -0.4 is 5.14 Å². The predicted octanol–water partition coefficient (Wildman–Crippen LogP) is 3.02. The topological polar surface area (TPSA) is 97.5 Å². The highest BCUT2D eigenvalue weighted by Crippen LogP contribution is 2.31. The molecule has 0 fully saturated rings. The van der Waals surface area contributed by atoms with Crippen LogP contribution in [0, 0.1) is 0 Å². The quantitative estimate of drug-likeness (QED) is 0.760. The average Bonchev–Trinajstić information content (AvgIpc) is 2.46. The molecular formula is C15H14ClNO4S2. The molecule has 0 unspecified atom stereocenters. The van der Waals surface area contributed by atoms with Crippen molar-refractivity contribution < 1.29 is 18.3 Å². The zero-order chi connectivity index (χ0) is 17.0. The van der Waals surface area contributed by atoms with Gasteiger partial charge < -0.3 is 5.11 Å². The third kappa shape index (κ3) is 4.71. The van der Waals surface area contributed by atoms with Crippen molar-refractivity contribution in [3.05, 3.63) is 58.6 Å². The molecule has 0 saturated heterocycles. The number of sulfonamides is 1. The van der Waals surface area contributed by atoms with E-state index in [0.29, 0.717) is 10.6 Å². The van der Waals surface area contributed by atoms with E-state index in [1.165, 1.54) is 17.8 Å². The highest BCUT2D eigenvalue weighted by molar-refractivity contribution is 7.99. The van der Waals surface area contributed by atoms with Crippen molar-refractivity contribution in [2.75, 3.05) is 5.75 Å². The number of carbonyl (C=O) groups is 1. The van der Waals surface area contributed by atoms with Crippen LogP contribution in [0.2, 0.25) is 5.02 Å². The second-order valence-electron chi connectivity index (χ2n) is 4.71. The number of benzene rings is 2. The van der Waals surface area contributed by atoms with E-state index >= 15 is 0 Å². The number of carboxylic acids is 1. The lowest BCUT2D eigenvalue weighted by atomic mass is 10.2. The normalized spacial score (nSPS) is 11.4. The van der Waals surface area contributed by atoms with Crippen LogP contribution in [-0.4, -0.2) is 25.2 Å². The molecule has 2 aromatic rings. The summed E-state index contributed by atoms with van der Waals surface area (Å²) in [7, 11) is -4.07. The number of rotatable bonds is 6. The molecule has 0 aliphatic carbocycles. The van der Waals surface area contributed by atoms with Gasteiger partial charge in [-0.15, -0.1) is 11.8 Å². The molecule has 0 heterocycles. The number of thioether (sulfide) groups is 1. The fourth-order valence-corrected chi connectivity index (χ4v) is 4.19. The fraction of sp³-hybridized carbons (Fsp3) is 0.133. The lowest BCUT2D eigenvalue weighted by Gasteiger charge is -2.10. The molecule has 0 bridgehead atoms. The highest BCUT2D eigenvalue weighted by atomic mass is 35.5. The van der Waals surface area contributed by atoms with E-state index in [1.807, 2.05) is 30.3 Å². The van der Waals surface area contributed by atoms with Crippen LogP contribution in [0.25, 0.3) is 0 Å². The fourth-order valence-electron chi connectivity index (χ4n) is 1.96. The minimum Gasteiger partial charge on any atom is -0.478 e. The zero-order valence-corrected chi connectivity index (χ0v) is 14.3. The number of hydrogen-bond acceptors (Lipinski definition) is 4. The van der Waals surface area contributed by atoms with Crippen molar-refractivity contribution in [3.63, 3.8) is 0 Å². The van der Waals surface area contributed by atoms with E-state index in [4.69, 9.17) is 16.7 Å². The van der Waals surface area contributed by atoms with Gasteiger partial charge in [-0.3, -0.25) is 0 Å². The predicted molar refractivity (Wildman–Crippen MR) is 90.7 cm³/mol. The summed E-state index contributed by atoms with van der Waals surface area (Å²) in [5.41, 5.74) is 1.00. The first-order valence-corrected chi connectivity index (χ1v) is 9.46. The van der Waals surface area contributed by atoms with E-state index in [-0.39, 0.29) is 15.5 Å². The van der Waals surface area contributed by atoms with Crippen LogP contribution in [0.4, 0.5) is 0 Å². The summed E-state index contributed by atoms with van der Waals surface area (Å²) >= 11 is 7.22. The highest BCUT2D eigenvalue weighted by Gasteiger charge is 2.20. The monoisotopic (exact) mass is 371 g/mol. The Morgan fingerprint density at radius 2 is 1.87 bits per heavy atom. The number of carboxylic acid groups (broad SMARTS) is 1. The van der Waals surface area contributed by atoms with E-state index in [0.717, 1.165) is 18.1 Å². The SMILES string of the molecule is NS(=O)(=O)c1cc(C(=O)O)c(SCCc2ccccc2)cc1Cl. The van der Waals surface area contributed by atoms with E-state index in [2.05, 4.69) is 0 Å². The Bertz CT molecular complexity index is 823. The van der Waals surface area contributed by atoms with Gasteiger partial charge in [-0.2, -0.15) is 0 Å². The van der Waals surface area contributed by atoms with Crippen molar-refractivity contribution in [2.24, 2.45) is 5.14 Å². The first-order chi connectivity index (χ1) is 10.8. The number of aromatic carboxylic acids is 1. The molecule has 5 nitrogen and oxygen atoms in total. The molecule has 0 aromatic heterocycles. The van der Waals surface area contributed by atoms with Crippen LogP contribution >= 0.6 is 23.4 Å². The molecule has 23 heavy (non-hydrogen) atoms. The summed E-state index contributed by atoms with van der Waals surface area (Å²) in [5, 5.41) is 14.2. The minimum absolute atomic E-state index is 0.0836. The van der Waals surface area contributed by atoms with Gasteiger partial charge in [0, 0.05) is 10.6 Å². The van der Waals surface area contributed by atoms with Crippen molar-refractivity contribution in [3.8, 4) is 0 Å². The number of aryl methyl sites for hydroxylation is 1. The van der Waals surface area contributed by atoms with Gasteiger partial charge >= 0.3 is 5.97 Å². The Morgan fingerprint density at radius 3 is 2.43 bits per heavy atom. The summed E-state index contributed by atoms with van der Waals surface area (Å²) in [6.07, 6.45) is 0.749. The lowest BCUT2D eigenvalue weighted by molar-refractivity contribution is 0.0693. The van der Waals surface area contributed by atoms with Gasteiger partial charge in [-0.25, -0.2) is 18.4 Å². The molecule has 3 N–H and O–H groups in total. The first-order valence-electron chi connectivity index (χ1n) is 6.55. The molecule has 0 atom stereocenters. The smallest absolute Gasteiger partial charge is 0.336 e. The van der Waals surface area contributed by atoms with Crippen LogP contribution in [0.5, 0.6) is 0 Å². The second kappa shape index (κ2) is 7.35. The third-order valence-corrected chi connectivity index (χ3v) is 5.49. The van der Waals surface area contributed by atoms with Crippen molar-refractivity contribution in [1.29, 1.82) is 0 Å². The van der Waals surface area contributed by atoms with Gasteiger partial charge in [0.25, 0.3) is 0 Å². The molecule has 0 aliphatic rings. The van der Waals surface area contributed by atoms with Gasteiger partial charge in [-0.1, -0.05) is 41.9 Å². The summed E-state index contributed by atoms with van der Waals surface area (Å²) in [6.45, 7) is 0. The maximum atomic E-state index is 11.4. The van der Waals surface area contributed by atoms with E-state index < -0.39 is 16.0 Å². The summed E-state index contributed by atoms with van der Waals surface area (Å²) in [4.78, 5) is 11.4. The summed E-state index contributed by atoms with van der Waals surface area (Å²) in [6, 6.07) is 12.1. The number of nitrogens with two attached hydrogens (primary N) is 1. The molecule has 8 heteroatoms. The van der Waals surface area contributed by atoms with E-state index in [1.54, 1.807) is 0 Å². The average molecular weight is 372 g/mol. The van der Waals surface area contributed by atoms with Crippen LogP contribution in [-0.2, 0) is 16.4 Å². The van der Waals surface area contributed by atoms with Crippen molar-refractivity contribution in [1.82, 2.24) is 0 Å². The van der Waals surface area contributed by atoms with Gasteiger partial charge in [-0.05, 0) is 24.1 Å². The summed E-state index contributed by atoms with van der Waals surface area (Å²) in [5.74, 6) is -0.594. The molecule has 0 radical (unpaired) electrons. The molecular weight excluding hydrogens is 358 g/mol. The number of primary sulfonamides is 1. The maximum Gasteiger partial charge on any atom is 0.336 e. The molecule has 0 aliphatic heterocycles. The van der Waals surface area contributed by atoms with Gasteiger partial charge in [0.1, 0.15) is 4.90 Å². The largest absolute Gasteiger partial charge is 0.478 e. The Kier molecular flexibility index (Phi) is 5.69. The number of halogens is 1. The maximum absolute atomic E-state index is 11.4. The van der Waals surface area contributed by atoms with Crippen molar-refractivity contribution in [2.45, 2.75) is 16.2 Å². The molecule has 0 amide bonds. The van der Waals surface area contributed by atoms with Crippen LogP contribution in [0.3, 0.4) is 0 Å². The van der Waals surface area contributed by atoms with Gasteiger partial charge in [0.05, 0.1) is 10.6 Å². The van der Waals surface area contributed by atoms with E-state index in [9.17, 15) is 18.3 Å². The molecule has 2 aromatic carbocycles. The number of hydrogen-bond donors (Lipinski definition) is 2. The summed E-state index contributed by atoms with van der Waals surface area (Å²) < 4.78 is 22.9. The Labute approximate surface area is 143 Å². The second-order valence-corrected chi connectivity index (χ2v) is 7.79. The van der Waals surface area contributed by atoms with Gasteiger partial charge in [0.2, 0.25) is 10.0 Å².